The lowest BCUT2D eigenvalue weighted by atomic mass is 10.1. The molecule has 1 N–H and O–H groups in total. The zero-order valence-electron chi connectivity index (χ0n) is 14.9. The van der Waals surface area contributed by atoms with Gasteiger partial charge in [0.2, 0.25) is 5.91 Å². The molecule has 1 amide bonds. The number of fused-ring (bicyclic) bond motifs is 1. The van der Waals surface area contributed by atoms with Gasteiger partial charge in [0.25, 0.3) is 0 Å². The quantitative estimate of drug-likeness (QED) is 0.763. The first-order valence-electron chi connectivity index (χ1n) is 9.13. The average Bonchev–Trinajstić information content (AvgIpc) is 3.31. The Balaban J connectivity index is 1.57. The maximum absolute atomic E-state index is 12.7. The Morgan fingerprint density at radius 1 is 1.23 bits per heavy atom. The lowest BCUT2D eigenvalue weighted by Crippen LogP contribution is -2.30. The maximum Gasteiger partial charge on any atom is 0.240 e. The van der Waals surface area contributed by atoms with Crippen LogP contribution >= 0.6 is 0 Å². The van der Waals surface area contributed by atoms with E-state index in [1.807, 2.05) is 66.1 Å². The van der Waals surface area contributed by atoms with Gasteiger partial charge in [-0.2, -0.15) is 0 Å². The molecular weight excluding hydrogens is 326 g/mol. The zero-order valence-corrected chi connectivity index (χ0v) is 14.9. The number of hydrogen-bond acceptors (Lipinski definition) is 3. The molecule has 1 aliphatic rings. The summed E-state index contributed by atoms with van der Waals surface area (Å²) in [4.78, 5) is 17.4. The molecule has 0 bridgehead atoms. The van der Waals surface area contributed by atoms with E-state index in [0.29, 0.717) is 0 Å². The number of ether oxygens (including phenoxy) is 1. The Bertz CT molecular complexity index is 898. The molecule has 2 aromatic carbocycles. The van der Waals surface area contributed by atoms with Crippen molar-refractivity contribution in [2.24, 2.45) is 0 Å². The highest BCUT2D eigenvalue weighted by Gasteiger charge is 2.25. The standard InChI is InChI=1S/C21H23N3O2/c1-15(16-8-3-2-4-9-16)22-20(25)14-24-18-11-6-5-10-17(18)23-21(24)19-12-7-13-26-19/h2-6,8-11,15,19H,7,12-14H2,1H3,(H,22,25). The molecule has 0 radical (unpaired) electrons. The fourth-order valence-electron chi connectivity index (χ4n) is 3.54. The molecule has 2 heterocycles. The van der Waals surface area contributed by atoms with Gasteiger partial charge >= 0.3 is 0 Å². The zero-order chi connectivity index (χ0) is 17.9. The fourth-order valence-corrected chi connectivity index (χ4v) is 3.54. The van der Waals surface area contributed by atoms with Crippen molar-refractivity contribution >= 4 is 16.9 Å². The van der Waals surface area contributed by atoms with Crippen molar-refractivity contribution < 1.29 is 9.53 Å². The Kier molecular flexibility index (Phi) is 4.71. The molecule has 5 heteroatoms. The minimum absolute atomic E-state index is 0.0243. The van der Waals surface area contributed by atoms with Crippen molar-refractivity contribution in [2.75, 3.05) is 6.61 Å². The van der Waals surface area contributed by atoms with Gasteiger partial charge in [0.1, 0.15) is 18.5 Å². The van der Waals surface area contributed by atoms with Gasteiger partial charge in [0.05, 0.1) is 17.1 Å². The molecule has 0 spiro atoms. The fraction of sp³-hybridized carbons (Fsp3) is 0.333. The molecule has 1 fully saturated rings. The third-order valence-corrected chi connectivity index (χ3v) is 4.88. The number of aromatic nitrogens is 2. The normalized spacial score (nSPS) is 18.1. The second kappa shape index (κ2) is 7.30. The number of carbonyl (C=O) groups is 1. The number of carbonyl (C=O) groups excluding carboxylic acids is 1. The first-order valence-corrected chi connectivity index (χ1v) is 9.13. The number of imidazole rings is 1. The van der Waals surface area contributed by atoms with Gasteiger partial charge in [-0.05, 0) is 37.5 Å². The Hall–Kier alpha value is -2.66. The van der Waals surface area contributed by atoms with Gasteiger partial charge in [-0.1, -0.05) is 42.5 Å². The lowest BCUT2D eigenvalue weighted by molar-refractivity contribution is -0.122. The predicted molar refractivity (Wildman–Crippen MR) is 101 cm³/mol. The molecular formula is C21H23N3O2. The lowest BCUT2D eigenvalue weighted by Gasteiger charge is -2.17. The van der Waals surface area contributed by atoms with Crippen molar-refractivity contribution in [3.63, 3.8) is 0 Å². The van der Waals surface area contributed by atoms with E-state index in [4.69, 9.17) is 9.72 Å². The van der Waals surface area contributed by atoms with E-state index >= 15 is 0 Å². The number of nitrogens with one attached hydrogen (secondary N) is 1. The van der Waals surface area contributed by atoms with Gasteiger partial charge < -0.3 is 14.6 Å². The monoisotopic (exact) mass is 349 g/mol. The summed E-state index contributed by atoms with van der Waals surface area (Å²) >= 11 is 0. The summed E-state index contributed by atoms with van der Waals surface area (Å²) in [7, 11) is 0. The van der Waals surface area contributed by atoms with Crippen LogP contribution in [0.5, 0.6) is 0 Å². The number of rotatable bonds is 5. The topological polar surface area (TPSA) is 56.2 Å². The third kappa shape index (κ3) is 3.35. The minimum Gasteiger partial charge on any atom is -0.370 e. The van der Waals surface area contributed by atoms with Crippen LogP contribution in [-0.4, -0.2) is 22.1 Å². The molecule has 1 aliphatic heterocycles. The third-order valence-electron chi connectivity index (χ3n) is 4.88. The van der Waals surface area contributed by atoms with Crippen molar-refractivity contribution in [3.8, 4) is 0 Å². The second-order valence-corrected chi connectivity index (χ2v) is 6.75. The summed E-state index contributed by atoms with van der Waals surface area (Å²) in [6.07, 6.45) is 1.96. The number of hydrogen-bond donors (Lipinski definition) is 1. The van der Waals surface area contributed by atoms with Crippen LogP contribution in [0.15, 0.2) is 54.6 Å². The largest absolute Gasteiger partial charge is 0.370 e. The molecule has 2 atom stereocenters. The maximum atomic E-state index is 12.7. The van der Waals surface area contributed by atoms with E-state index in [1.165, 1.54) is 0 Å². The first kappa shape index (κ1) is 16.8. The minimum atomic E-state index is -0.0373. The van der Waals surface area contributed by atoms with Crippen molar-refractivity contribution in [1.29, 1.82) is 0 Å². The van der Waals surface area contributed by atoms with Crippen LogP contribution in [0.1, 0.15) is 43.3 Å². The Morgan fingerprint density at radius 2 is 2.00 bits per heavy atom. The van der Waals surface area contributed by atoms with Crippen LogP contribution in [0.25, 0.3) is 11.0 Å². The SMILES string of the molecule is CC(NC(=O)Cn1c(C2CCCO2)nc2ccccc21)c1ccccc1. The van der Waals surface area contributed by atoms with Crippen LogP contribution in [0.4, 0.5) is 0 Å². The molecule has 0 aliphatic carbocycles. The van der Waals surface area contributed by atoms with E-state index in [0.717, 1.165) is 41.9 Å². The molecule has 4 rings (SSSR count). The molecule has 3 aromatic rings. The molecule has 26 heavy (non-hydrogen) atoms. The van der Waals surface area contributed by atoms with Gasteiger partial charge in [-0.3, -0.25) is 4.79 Å². The van der Waals surface area contributed by atoms with Gasteiger partial charge in [-0.15, -0.1) is 0 Å². The van der Waals surface area contributed by atoms with Crippen molar-refractivity contribution in [1.82, 2.24) is 14.9 Å². The first-order chi connectivity index (χ1) is 12.7. The molecule has 1 saturated heterocycles. The number of nitrogens with zero attached hydrogens (tertiary/aromatic N) is 2. The van der Waals surface area contributed by atoms with E-state index < -0.39 is 0 Å². The van der Waals surface area contributed by atoms with Crippen LogP contribution in [0.3, 0.4) is 0 Å². The number of benzene rings is 2. The molecule has 2 unspecified atom stereocenters. The van der Waals surface area contributed by atoms with Crippen LogP contribution in [-0.2, 0) is 16.1 Å². The van der Waals surface area contributed by atoms with Gasteiger partial charge in [0, 0.05) is 6.61 Å². The smallest absolute Gasteiger partial charge is 0.240 e. The van der Waals surface area contributed by atoms with E-state index in [-0.39, 0.29) is 24.6 Å². The molecule has 1 aromatic heterocycles. The van der Waals surface area contributed by atoms with E-state index in [2.05, 4.69) is 5.32 Å². The summed E-state index contributed by atoms with van der Waals surface area (Å²) in [5.74, 6) is 0.829. The van der Waals surface area contributed by atoms with Gasteiger partial charge in [0.15, 0.2) is 0 Å². The summed E-state index contributed by atoms with van der Waals surface area (Å²) in [5.41, 5.74) is 2.97. The van der Waals surface area contributed by atoms with E-state index in [1.54, 1.807) is 0 Å². The molecule has 5 nitrogen and oxygen atoms in total. The summed E-state index contributed by atoms with van der Waals surface area (Å²) in [6.45, 7) is 3.00. The summed E-state index contributed by atoms with van der Waals surface area (Å²) in [5, 5.41) is 3.09. The van der Waals surface area contributed by atoms with Gasteiger partial charge in [-0.25, -0.2) is 4.98 Å². The van der Waals surface area contributed by atoms with Crippen molar-refractivity contribution in [3.05, 3.63) is 66.0 Å². The molecule has 134 valence electrons. The highest BCUT2D eigenvalue weighted by atomic mass is 16.5. The highest BCUT2D eigenvalue weighted by Crippen LogP contribution is 2.30. The van der Waals surface area contributed by atoms with Crippen molar-refractivity contribution in [2.45, 2.75) is 38.5 Å². The summed E-state index contributed by atoms with van der Waals surface area (Å²) < 4.78 is 7.82. The Labute approximate surface area is 153 Å². The Morgan fingerprint density at radius 3 is 2.77 bits per heavy atom. The summed E-state index contributed by atoms with van der Waals surface area (Å²) in [6, 6.07) is 17.9. The van der Waals surface area contributed by atoms with E-state index in [9.17, 15) is 4.79 Å². The second-order valence-electron chi connectivity index (χ2n) is 6.75. The van der Waals surface area contributed by atoms with Crippen LogP contribution in [0, 0.1) is 0 Å². The number of amides is 1. The highest BCUT2D eigenvalue weighted by molar-refractivity contribution is 5.81. The number of para-hydroxylation sites is 2. The van der Waals surface area contributed by atoms with Crippen LogP contribution < -0.4 is 5.32 Å². The molecule has 0 saturated carbocycles. The van der Waals surface area contributed by atoms with Crippen LogP contribution in [0.2, 0.25) is 0 Å². The average molecular weight is 349 g/mol. The predicted octanol–water partition coefficient (Wildman–Crippen LogP) is 3.77.